The number of benzene rings is 2. The summed E-state index contributed by atoms with van der Waals surface area (Å²) in [5.41, 5.74) is 3.08. The van der Waals surface area contributed by atoms with Crippen LogP contribution in [0.25, 0.3) is 16.9 Å². The van der Waals surface area contributed by atoms with E-state index in [4.69, 9.17) is 9.84 Å². The van der Waals surface area contributed by atoms with Gasteiger partial charge in [-0.15, -0.1) is 12.4 Å². The average Bonchev–Trinajstić information content (AvgIpc) is 3.44. The van der Waals surface area contributed by atoms with Gasteiger partial charge in [0.1, 0.15) is 11.4 Å². The number of para-hydroxylation sites is 1. The fourth-order valence-corrected chi connectivity index (χ4v) is 3.53. The van der Waals surface area contributed by atoms with Crippen LogP contribution in [0, 0.1) is 0 Å². The second-order valence-corrected chi connectivity index (χ2v) is 6.96. The number of nitrogens with zero attached hydrogens (tertiary/aromatic N) is 3. The quantitative estimate of drug-likeness (QED) is 0.697. The summed E-state index contributed by atoms with van der Waals surface area (Å²) >= 11 is 0. The zero-order valence-corrected chi connectivity index (χ0v) is 17.4. The van der Waals surface area contributed by atoms with E-state index in [0.717, 1.165) is 36.5 Å². The van der Waals surface area contributed by atoms with E-state index < -0.39 is 0 Å². The van der Waals surface area contributed by atoms with Gasteiger partial charge < -0.3 is 15.0 Å². The Bertz CT molecular complexity index is 951. The van der Waals surface area contributed by atoms with Gasteiger partial charge in [-0.05, 0) is 49.4 Å². The molecule has 1 aliphatic heterocycles. The van der Waals surface area contributed by atoms with Crippen molar-refractivity contribution in [1.82, 2.24) is 20.0 Å². The number of amides is 1. The lowest BCUT2D eigenvalue weighted by Crippen LogP contribution is -2.38. The summed E-state index contributed by atoms with van der Waals surface area (Å²) < 4.78 is 7.03. The molecule has 7 heteroatoms. The lowest BCUT2D eigenvalue weighted by atomic mass is 10.1. The summed E-state index contributed by atoms with van der Waals surface area (Å²) in [6.45, 7) is 1.77. The molecule has 1 aliphatic rings. The normalized spacial score (nSPS) is 15.6. The molecule has 0 bridgehead atoms. The smallest absolute Gasteiger partial charge is 0.257 e. The summed E-state index contributed by atoms with van der Waals surface area (Å²) in [4.78, 5) is 15.1. The molecule has 1 amide bonds. The van der Waals surface area contributed by atoms with Crippen molar-refractivity contribution in [1.29, 1.82) is 0 Å². The van der Waals surface area contributed by atoms with Crippen molar-refractivity contribution in [3.05, 3.63) is 66.4 Å². The Hall–Kier alpha value is -2.83. The van der Waals surface area contributed by atoms with Crippen LogP contribution in [0.15, 0.2) is 60.8 Å². The number of carbonyl (C=O) groups is 1. The molecule has 1 aromatic heterocycles. The van der Waals surface area contributed by atoms with E-state index in [9.17, 15) is 4.79 Å². The highest BCUT2D eigenvalue weighted by Crippen LogP contribution is 2.27. The molecular weight excluding hydrogens is 388 g/mol. The zero-order chi connectivity index (χ0) is 19.5. The summed E-state index contributed by atoms with van der Waals surface area (Å²) in [5, 5.41) is 8.07. The number of ether oxygens (including phenoxy) is 1. The van der Waals surface area contributed by atoms with Gasteiger partial charge >= 0.3 is 0 Å². The van der Waals surface area contributed by atoms with Crippen LogP contribution in [0.5, 0.6) is 5.75 Å². The van der Waals surface area contributed by atoms with Crippen LogP contribution in [0.1, 0.15) is 16.8 Å². The van der Waals surface area contributed by atoms with Crippen LogP contribution in [0.4, 0.5) is 0 Å². The molecule has 152 valence electrons. The van der Waals surface area contributed by atoms with Gasteiger partial charge in [0, 0.05) is 31.4 Å². The van der Waals surface area contributed by atoms with E-state index >= 15 is 0 Å². The molecular formula is C22H25ClN4O2. The standard InChI is InChI=1S/C22H24N4O2.ClH/c1-25(18-12-13-23-14-18)22(27)20-15-26(17-6-4-3-5-7-17)24-21(20)16-8-10-19(28-2)11-9-16;/h3-11,15,18,23H,12-14H2,1-2H3;1H. The van der Waals surface area contributed by atoms with Gasteiger partial charge in [-0.25, -0.2) is 4.68 Å². The minimum Gasteiger partial charge on any atom is -0.497 e. The molecule has 1 fully saturated rings. The average molecular weight is 413 g/mol. The molecule has 1 atom stereocenters. The summed E-state index contributed by atoms with van der Waals surface area (Å²) in [5.74, 6) is 0.759. The van der Waals surface area contributed by atoms with E-state index in [2.05, 4.69) is 5.32 Å². The third-order valence-corrected chi connectivity index (χ3v) is 5.23. The van der Waals surface area contributed by atoms with Gasteiger partial charge in [0.05, 0.1) is 18.4 Å². The number of nitrogens with one attached hydrogen (secondary N) is 1. The summed E-state index contributed by atoms with van der Waals surface area (Å²) in [7, 11) is 3.51. The van der Waals surface area contributed by atoms with Crippen molar-refractivity contribution in [3.63, 3.8) is 0 Å². The first-order valence-corrected chi connectivity index (χ1v) is 9.45. The Morgan fingerprint density at radius 1 is 1.17 bits per heavy atom. The molecule has 3 aromatic rings. The topological polar surface area (TPSA) is 59.4 Å². The third kappa shape index (κ3) is 4.28. The Labute approximate surface area is 176 Å². The maximum Gasteiger partial charge on any atom is 0.257 e. The predicted molar refractivity (Wildman–Crippen MR) is 116 cm³/mol. The Balaban J connectivity index is 0.00000240. The van der Waals surface area contributed by atoms with Crippen LogP contribution in [-0.2, 0) is 0 Å². The number of aromatic nitrogens is 2. The van der Waals surface area contributed by atoms with Crippen molar-refractivity contribution in [2.75, 3.05) is 27.2 Å². The first kappa shape index (κ1) is 20.9. The number of hydrogen-bond acceptors (Lipinski definition) is 4. The lowest BCUT2D eigenvalue weighted by Gasteiger charge is -2.23. The van der Waals surface area contributed by atoms with E-state index in [0.29, 0.717) is 11.3 Å². The minimum absolute atomic E-state index is 0. The lowest BCUT2D eigenvalue weighted by molar-refractivity contribution is 0.0744. The second-order valence-electron chi connectivity index (χ2n) is 6.96. The van der Waals surface area contributed by atoms with Gasteiger partial charge in [0.25, 0.3) is 5.91 Å². The number of hydrogen-bond donors (Lipinski definition) is 1. The molecule has 1 N–H and O–H groups in total. The molecule has 1 unspecified atom stereocenters. The Kier molecular flexibility index (Phi) is 6.56. The number of halogens is 1. The maximum atomic E-state index is 13.3. The van der Waals surface area contributed by atoms with Crippen LogP contribution in [0.3, 0.4) is 0 Å². The number of methoxy groups -OCH3 is 1. The van der Waals surface area contributed by atoms with Crippen LogP contribution in [-0.4, -0.2) is 53.9 Å². The van der Waals surface area contributed by atoms with Crippen molar-refractivity contribution in [3.8, 4) is 22.7 Å². The van der Waals surface area contributed by atoms with Gasteiger partial charge in [0.2, 0.25) is 0 Å². The largest absolute Gasteiger partial charge is 0.497 e. The highest BCUT2D eigenvalue weighted by atomic mass is 35.5. The number of carbonyl (C=O) groups excluding carboxylic acids is 1. The van der Waals surface area contributed by atoms with Gasteiger partial charge in [0.15, 0.2) is 0 Å². The highest BCUT2D eigenvalue weighted by molar-refractivity contribution is 6.00. The third-order valence-electron chi connectivity index (χ3n) is 5.23. The van der Waals surface area contributed by atoms with Gasteiger partial charge in [-0.1, -0.05) is 18.2 Å². The maximum absolute atomic E-state index is 13.3. The fraction of sp³-hybridized carbons (Fsp3) is 0.273. The zero-order valence-electron chi connectivity index (χ0n) is 16.5. The van der Waals surface area contributed by atoms with E-state index in [1.54, 1.807) is 11.8 Å². The minimum atomic E-state index is -0.0123. The monoisotopic (exact) mass is 412 g/mol. The molecule has 6 nitrogen and oxygen atoms in total. The molecule has 0 aliphatic carbocycles. The van der Waals surface area contributed by atoms with Crippen molar-refractivity contribution in [2.45, 2.75) is 12.5 Å². The molecule has 0 saturated carbocycles. The van der Waals surface area contributed by atoms with E-state index in [1.807, 2.05) is 72.7 Å². The Morgan fingerprint density at radius 3 is 2.52 bits per heavy atom. The molecule has 4 rings (SSSR count). The number of rotatable bonds is 5. The van der Waals surface area contributed by atoms with Crippen LogP contribution in [0.2, 0.25) is 0 Å². The van der Waals surface area contributed by atoms with Crippen molar-refractivity contribution < 1.29 is 9.53 Å². The summed E-state index contributed by atoms with van der Waals surface area (Å²) in [6, 6.07) is 17.7. The number of likely N-dealkylation sites (N-methyl/N-ethyl adjacent to an activating group) is 1. The SMILES string of the molecule is COc1ccc(-c2nn(-c3ccccc3)cc2C(=O)N(C)C2CCNC2)cc1.Cl. The van der Waals surface area contributed by atoms with Crippen molar-refractivity contribution in [2.24, 2.45) is 0 Å². The molecule has 1 saturated heterocycles. The van der Waals surface area contributed by atoms with Crippen molar-refractivity contribution >= 4 is 18.3 Å². The van der Waals surface area contributed by atoms with Gasteiger partial charge in [-0.3, -0.25) is 4.79 Å². The first-order valence-electron chi connectivity index (χ1n) is 9.45. The molecule has 2 heterocycles. The highest BCUT2D eigenvalue weighted by Gasteiger charge is 2.27. The predicted octanol–water partition coefficient (Wildman–Crippen LogP) is 3.40. The molecule has 0 spiro atoms. The second kappa shape index (κ2) is 9.11. The summed E-state index contributed by atoms with van der Waals surface area (Å²) in [6.07, 6.45) is 2.79. The Morgan fingerprint density at radius 2 is 1.90 bits per heavy atom. The van der Waals surface area contributed by atoms with E-state index in [1.165, 1.54) is 0 Å². The molecule has 29 heavy (non-hydrogen) atoms. The van der Waals surface area contributed by atoms with Crippen LogP contribution < -0.4 is 10.1 Å². The first-order chi connectivity index (χ1) is 13.7. The molecule has 0 radical (unpaired) electrons. The molecule has 2 aromatic carbocycles. The van der Waals surface area contributed by atoms with Crippen LogP contribution >= 0.6 is 12.4 Å². The van der Waals surface area contributed by atoms with Gasteiger partial charge in [-0.2, -0.15) is 5.10 Å². The fourth-order valence-electron chi connectivity index (χ4n) is 3.53. The van der Waals surface area contributed by atoms with E-state index in [-0.39, 0.29) is 24.4 Å².